The van der Waals surface area contributed by atoms with E-state index in [2.05, 4.69) is 38.1 Å². The molecule has 0 heterocycles. The van der Waals surface area contributed by atoms with Gasteiger partial charge in [0.1, 0.15) is 6.23 Å². The van der Waals surface area contributed by atoms with E-state index in [0.717, 1.165) is 22.6 Å². The Bertz CT molecular complexity index is 594. The fourth-order valence-corrected chi connectivity index (χ4v) is 2.97. The van der Waals surface area contributed by atoms with Crippen molar-refractivity contribution in [3.63, 3.8) is 0 Å². The first kappa shape index (κ1) is 16.0. The molecule has 3 N–H and O–H groups in total. The first-order valence-electron chi connectivity index (χ1n) is 7.15. The van der Waals surface area contributed by atoms with Crippen LogP contribution in [0, 0.1) is 6.92 Å². The quantitative estimate of drug-likeness (QED) is 0.825. The number of hydrogen-bond donors (Lipinski definition) is 2. The Hall–Kier alpha value is -1.35. The van der Waals surface area contributed by atoms with Gasteiger partial charge in [-0.1, -0.05) is 66.6 Å². The molecule has 3 heteroatoms. The number of aliphatic hydroxyl groups is 1. The maximum atomic E-state index is 9.70. The third-order valence-electron chi connectivity index (χ3n) is 3.95. The van der Waals surface area contributed by atoms with Crippen molar-refractivity contribution in [2.45, 2.75) is 38.3 Å². The summed E-state index contributed by atoms with van der Waals surface area (Å²) in [6.07, 6.45) is 0.379. The Morgan fingerprint density at radius 1 is 1.14 bits per heavy atom. The molecule has 0 aliphatic rings. The fourth-order valence-electron chi connectivity index (χ4n) is 2.77. The van der Waals surface area contributed by atoms with Gasteiger partial charge in [0.05, 0.1) is 0 Å². The highest BCUT2D eigenvalue weighted by Gasteiger charge is 2.29. The highest BCUT2D eigenvalue weighted by atomic mass is 35.5. The molecule has 2 aromatic rings. The van der Waals surface area contributed by atoms with E-state index in [4.69, 9.17) is 17.3 Å². The monoisotopic (exact) mass is 303 g/mol. The lowest BCUT2D eigenvalue weighted by Gasteiger charge is -2.32. The van der Waals surface area contributed by atoms with Gasteiger partial charge in [-0.2, -0.15) is 0 Å². The molecule has 2 atom stereocenters. The molecule has 2 nitrogen and oxygen atoms in total. The van der Waals surface area contributed by atoms with Crippen LogP contribution in [0.15, 0.2) is 48.5 Å². The summed E-state index contributed by atoms with van der Waals surface area (Å²) in [6.45, 7) is 4.18. The third-order valence-corrected chi connectivity index (χ3v) is 4.32. The van der Waals surface area contributed by atoms with Crippen molar-refractivity contribution < 1.29 is 5.11 Å². The van der Waals surface area contributed by atoms with E-state index in [9.17, 15) is 5.11 Å². The maximum absolute atomic E-state index is 9.70. The van der Waals surface area contributed by atoms with Crippen LogP contribution in [0.25, 0.3) is 0 Å². The lowest BCUT2D eigenvalue weighted by molar-refractivity contribution is 0.140. The van der Waals surface area contributed by atoms with E-state index in [1.165, 1.54) is 5.56 Å². The number of halogens is 1. The Morgan fingerprint density at radius 3 is 2.33 bits per heavy atom. The molecule has 2 aromatic carbocycles. The van der Waals surface area contributed by atoms with E-state index < -0.39 is 6.23 Å². The van der Waals surface area contributed by atoms with Crippen molar-refractivity contribution >= 4 is 11.6 Å². The summed E-state index contributed by atoms with van der Waals surface area (Å²) in [5, 5.41) is 10.4. The summed E-state index contributed by atoms with van der Waals surface area (Å²) in [5.41, 5.74) is 8.85. The summed E-state index contributed by atoms with van der Waals surface area (Å²) in [4.78, 5) is 0. The average Bonchev–Trinajstić information content (AvgIpc) is 2.41. The standard InChI is InChI=1S/C18H22ClNO/c1-13-7-9-15(10-8-13)18(2,12-17(20)21)11-14-5-3-4-6-16(14)19/h3-10,17,21H,11-12,20H2,1-2H3/t17-,18?/m1/s1. The molecule has 0 aliphatic heterocycles. The Morgan fingerprint density at radius 2 is 1.76 bits per heavy atom. The largest absolute Gasteiger partial charge is 0.379 e. The SMILES string of the molecule is Cc1ccc(C(C)(Cc2ccccc2Cl)C[C@H](N)O)cc1. The van der Waals surface area contributed by atoms with E-state index in [1.807, 2.05) is 24.3 Å². The van der Waals surface area contributed by atoms with E-state index in [0.29, 0.717) is 6.42 Å². The minimum absolute atomic E-state index is 0.257. The average molecular weight is 304 g/mol. The number of aliphatic hydroxyl groups excluding tert-OH is 1. The summed E-state index contributed by atoms with van der Waals surface area (Å²) in [7, 11) is 0. The molecule has 2 rings (SSSR count). The van der Waals surface area contributed by atoms with Gasteiger partial charge in [-0.15, -0.1) is 0 Å². The van der Waals surface area contributed by atoms with Crippen LogP contribution in [0.5, 0.6) is 0 Å². The molecule has 0 fully saturated rings. The number of nitrogens with two attached hydrogens (primary N) is 1. The molecule has 0 amide bonds. The van der Waals surface area contributed by atoms with Crippen molar-refractivity contribution in [2.75, 3.05) is 0 Å². The van der Waals surface area contributed by atoms with E-state index in [1.54, 1.807) is 0 Å². The number of rotatable bonds is 5. The first-order valence-corrected chi connectivity index (χ1v) is 7.53. The van der Waals surface area contributed by atoms with Gasteiger partial charge >= 0.3 is 0 Å². The second-order valence-electron chi connectivity index (χ2n) is 5.97. The summed E-state index contributed by atoms with van der Waals surface area (Å²) >= 11 is 6.29. The summed E-state index contributed by atoms with van der Waals surface area (Å²) < 4.78 is 0. The van der Waals surface area contributed by atoms with Crippen molar-refractivity contribution in [1.82, 2.24) is 0 Å². The number of benzene rings is 2. The van der Waals surface area contributed by atoms with Gasteiger partial charge in [0.2, 0.25) is 0 Å². The van der Waals surface area contributed by atoms with Gasteiger partial charge < -0.3 is 10.8 Å². The van der Waals surface area contributed by atoms with Crippen molar-refractivity contribution in [2.24, 2.45) is 5.73 Å². The minimum atomic E-state index is -0.848. The van der Waals surface area contributed by atoms with E-state index in [-0.39, 0.29) is 5.41 Å². The van der Waals surface area contributed by atoms with Crippen LogP contribution in [0.3, 0.4) is 0 Å². The second-order valence-corrected chi connectivity index (χ2v) is 6.37. The third kappa shape index (κ3) is 4.07. The van der Waals surface area contributed by atoms with Gasteiger partial charge in [-0.25, -0.2) is 0 Å². The van der Waals surface area contributed by atoms with Gasteiger partial charge in [-0.3, -0.25) is 0 Å². The van der Waals surface area contributed by atoms with Crippen LogP contribution in [0.2, 0.25) is 5.02 Å². The predicted octanol–water partition coefficient (Wildman–Crippen LogP) is 3.82. The molecule has 1 unspecified atom stereocenters. The normalized spacial score (nSPS) is 15.5. The molecule has 0 radical (unpaired) electrons. The zero-order valence-electron chi connectivity index (χ0n) is 12.5. The zero-order chi connectivity index (χ0) is 15.5. The zero-order valence-corrected chi connectivity index (χ0v) is 13.3. The highest BCUT2D eigenvalue weighted by Crippen LogP contribution is 2.34. The van der Waals surface area contributed by atoms with Crippen LogP contribution in [-0.2, 0) is 11.8 Å². The van der Waals surface area contributed by atoms with Crippen LogP contribution in [-0.4, -0.2) is 11.3 Å². The molecule has 0 aliphatic carbocycles. The molecular formula is C18H22ClNO. The summed E-state index contributed by atoms with van der Waals surface area (Å²) in [6, 6.07) is 16.2. The predicted molar refractivity (Wildman–Crippen MR) is 88.5 cm³/mol. The number of aryl methyl sites for hydroxylation is 1. The number of hydrogen-bond acceptors (Lipinski definition) is 2. The van der Waals surface area contributed by atoms with Crippen LogP contribution in [0.4, 0.5) is 0 Å². The Kier molecular flexibility index (Phi) is 5.04. The van der Waals surface area contributed by atoms with Crippen LogP contribution < -0.4 is 5.73 Å². The highest BCUT2D eigenvalue weighted by molar-refractivity contribution is 6.31. The van der Waals surface area contributed by atoms with Gasteiger partial charge in [0.25, 0.3) is 0 Å². The lowest BCUT2D eigenvalue weighted by atomic mass is 9.74. The minimum Gasteiger partial charge on any atom is -0.379 e. The smallest absolute Gasteiger partial charge is 0.103 e. The Balaban J connectivity index is 2.37. The summed E-state index contributed by atoms with van der Waals surface area (Å²) in [5.74, 6) is 0. The van der Waals surface area contributed by atoms with Gasteiger partial charge in [0.15, 0.2) is 0 Å². The molecule has 0 saturated carbocycles. The van der Waals surface area contributed by atoms with Crippen molar-refractivity contribution in [3.8, 4) is 0 Å². The topological polar surface area (TPSA) is 46.2 Å². The van der Waals surface area contributed by atoms with E-state index >= 15 is 0 Å². The second kappa shape index (κ2) is 6.61. The lowest BCUT2D eigenvalue weighted by Crippen LogP contribution is -2.34. The fraction of sp³-hybridized carbons (Fsp3) is 0.333. The molecule has 21 heavy (non-hydrogen) atoms. The van der Waals surface area contributed by atoms with Crippen molar-refractivity contribution in [3.05, 3.63) is 70.2 Å². The first-order chi connectivity index (χ1) is 9.90. The Labute approximate surface area is 131 Å². The molecule has 0 bridgehead atoms. The van der Waals surface area contributed by atoms with Crippen molar-refractivity contribution in [1.29, 1.82) is 0 Å². The van der Waals surface area contributed by atoms with Gasteiger partial charge in [0, 0.05) is 10.4 Å². The molecule has 112 valence electrons. The molecule has 0 saturated heterocycles. The maximum Gasteiger partial charge on any atom is 0.103 e. The van der Waals surface area contributed by atoms with Gasteiger partial charge in [-0.05, 0) is 37.0 Å². The molecule has 0 aromatic heterocycles. The van der Waals surface area contributed by atoms with Crippen LogP contribution in [0.1, 0.15) is 30.0 Å². The molecule has 0 spiro atoms. The molecular weight excluding hydrogens is 282 g/mol. The van der Waals surface area contributed by atoms with Crippen LogP contribution >= 0.6 is 11.6 Å².